The van der Waals surface area contributed by atoms with E-state index in [1.165, 1.54) is 48.9 Å². The molecule has 0 unspecified atom stereocenters. The highest BCUT2D eigenvalue weighted by Crippen LogP contribution is 2.42. The summed E-state index contributed by atoms with van der Waals surface area (Å²) in [6.45, 7) is 0. The Balaban J connectivity index is 1.39. The van der Waals surface area contributed by atoms with Crippen molar-refractivity contribution in [1.29, 1.82) is 0 Å². The summed E-state index contributed by atoms with van der Waals surface area (Å²) in [5.74, 6) is 0.653. The van der Waals surface area contributed by atoms with Crippen molar-refractivity contribution < 1.29 is 0 Å². The van der Waals surface area contributed by atoms with Gasteiger partial charge in [-0.15, -0.1) is 0 Å². The van der Waals surface area contributed by atoms with Crippen molar-refractivity contribution in [3.63, 3.8) is 0 Å². The molecule has 0 atom stereocenters. The third-order valence-electron chi connectivity index (χ3n) is 9.29. The molecule has 4 heteroatoms. The van der Waals surface area contributed by atoms with Gasteiger partial charge < -0.3 is 4.40 Å². The van der Waals surface area contributed by atoms with Crippen molar-refractivity contribution in [1.82, 2.24) is 18.9 Å². The Labute approximate surface area is 264 Å². The van der Waals surface area contributed by atoms with E-state index in [-0.39, 0.29) is 0 Å². The molecule has 0 radical (unpaired) electrons. The molecule has 4 aromatic heterocycles. The maximum atomic E-state index is 5.25. The molecule has 0 saturated heterocycles. The molecule has 0 aliphatic heterocycles. The van der Waals surface area contributed by atoms with Gasteiger partial charge in [0.1, 0.15) is 0 Å². The van der Waals surface area contributed by atoms with Crippen LogP contribution in [-0.4, -0.2) is 18.9 Å². The Kier molecular flexibility index (Phi) is 5.25. The minimum Gasteiger partial charge on any atom is -0.308 e. The highest BCUT2D eigenvalue weighted by molar-refractivity contribution is 6.27. The average molecular weight is 587 g/mol. The predicted octanol–water partition coefficient (Wildman–Crippen LogP) is 10.6. The zero-order valence-electron chi connectivity index (χ0n) is 24.8. The molecule has 0 aliphatic rings. The number of pyridine rings is 1. The number of rotatable bonds is 3. The lowest BCUT2D eigenvalue weighted by molar-refractivity contribution is 0.996. The van der Waals surface area contributed by atoms with Crippen LogP contribution in [0.5, 0.6) is 0 Å². The second-order valence-electron chi connectivity index (χ2n) is 11.8. The van der Waals surface area contributed by atoms with Gasteiger partial charge in [0.05, 0.1) is 39.0 Å². The Morgan fingerprint density at radius 2 is 0.978 bits per heavy atom. The van der Waals surface area contributed by atoms with E-state index in [1.54, 1.807) is 0 Å². The fourth-order valence-corrected chi connectivity index (χ4v) is 7.29. The number of fused-ring (bicyclic) bond motifs is 12. The van der Waals surface area contributed by atoms with E-state index in [0.29, 0.717) is 5.95 Å². The van der Waals surface area contributed by atoms with E-state index in [1.807, 2.05) is 12.1 Å². The monoisotopic (exact) mass is 586 g/mol. The van der Waals surface area contributed by atoms with Gasteiger partial charge in [-0.05, 0) is 35.7 Å². The molecule has 0 aliphatic carbocycles. The van der Waals surface area contributed by atoms with Gasteiger partial charge in [0.25, 0.3) is 0 Å². The number of nitrogens with zero attached hydrogens (tertiary/aromatic N) is 4. The van der Waals surface area contributed by atoms with Gasteiger partial charge in [-0.25, -0.2) is 9.97 Å². The number of hydrogen-bond acceptors (Lipinski definition) is 2. The summed E-state index contributed by atoms with van der Waals surface area (Å²) in [7, 11) is 0. The molecule has 6 aromatic carbocycles. The van der Waals surface area contributed by atoms with Gasteiger partial charge >= 0.3 is 0 Å². The molecule has 0 saturated carbocycles. The van der Waals surface area contributed by atoms with Crippen molar-refractivity contribution in [2.45, 2.75) is 0 Å². The zero-order chi connectivity index (χ0) is 30.2. The van der Waals surface area contributed by atoms with Crippen LogP contribution in [-0.2, 0) is 0 Å². The maximum Gasteiger partial charge on any atom is 0.235 e. The second-order valence-corrected chi connectivity index (χ2v) is 11.8. The van der Waals surface area contributed by atoms with Gasteiger partial charge in [0.2, 0.25) is 5.95 Å². The standard InChI is InChI=1S/C42H26N4/c1-3-13-27(14-4-1)34-26-35(28-15-5-2-6-16-28)44-42(43-34)46-37-22-12-10-20-33(37)40-38(46)24-23-32-30-18-8-9-19-31(30)39-25-29-17-7-11-21-36(29)45(39)41(32)40/h1-26H. The van der Waals surface area contributed by atoms with Gasteiger partial charge in [-0.1, -0.05) is 127 Å². The zero-order valence-corrected chi connectivity index (χ0v) is 24.8. The van der Waals surface area contributed by atoms with Crippen LogP contribution in [0.2, 0.25) is 0 Å². The summed E-state index contributed by atoms with van der Waals surface area (Å²) < 4.78 is 4.71. The lowest BCUT2D eigenvalue weighted by Gasteiger charge is -2.13. The summed E-state index contributed by atoms with van der Waals surface area (Å²) in [4.78, 5) is 10.5. The van der Waals surface area contributed by atoms with Crippen molar-refractivity contribution in [2.75, 3.05) is 0 Å². The van der Waals surface area contributed by atoms with Gasteiger partial charge in [-0.2, -0.15) is 0 Å². The molecule has 0 spiro atoms. The third kappa shape index (κ3) is 3.55. The van der Waals surface area contributed by atoms with Gasteiger partial charge in [0.15, 0.2) is 0 Å². The lowest BCUT2D eigenvalue weighted by Crippen LogP contribution is -2.04. The first-order chi connectivity index (χ1) is 22.8. The molecule has 4 nitrogen and oxygen atoms in total. The highest BCUT2D eigenvalue weighted by atomic mass is 15.2. The topological polar surface area (TPSA) is 35.1 Å². The smallest absolute Gasteiger partial charge is 0.235 e. The molecular weight excluding hydrogens is 560 g/mol. The van der Waals surface area contributed by atoms with Crippen LogP contribution >= 0.6 is 0 Å². The van der Waals surface area contributed by atoms with E-state index in [4.69, 9.17) is 9.97 Å². The Bertz CT molecular complexity index is 2730. The molecule has 10 rings (SSSR count). The summed E-state index contributed by atoms with van der Waals surface area (Å²) in [5, 5.41) is 7.32. The van der Waals surface area contributed by atoms with Crippen LogP contribution in [0, 0.1) is 0 Å². The highest BCUT2D eigenvalue weighted by Gasteiger charge is 2.21. The number of aromatic nitrogens is 4. The normalized spacial score (nSPS) is 11.9. The Morgan fingerprint density at radius 1 is 0.391 bits per heavy atom. The van der Waals surface area contributed by atoms with E-state index in [2.05, 4.69) is 155 Å². The van der Waals surface area contributed by atoms with E-state index in [0.717, 1.165) is 33.5 Å². The van der Waals surface area contributed by atoms with Crippen LogP contribution < -0.4 is 0 Å². The van der Waals surface area contributed by atoms with Gasteiger partial charge in [0, 0.05) is 38.1 Å². The van der Waals surface area contributed by atoms with Crippen LogP contribution in [0.25, 0.3) is 88.4 Å². The number of benzene rings is 6. The van der Waals surface area contributed by atoms with Crippen molar-refractivity contribution in [3.05, 3.63) is 158 Å². The number of para-hydroxylation sites is 2. The SMILES string of the molecule is c1ccc(-c2cc(-c3ccccc3)nc(-n3c4ccccc4c4c3ccc3c5ccccc5c5cc6ccccc6n5c34)n2)cc1. The first kappa shape index (κ1) is 25.1. The quantitative estimate of drug-likeness (QED) is 0.193. The van der Waals surface area contributed by atoms with Gasteiger partial charge in [-0.3, -0.25) is 4.57 Å². The number of hydrogen-bond donors (Lipinski definition) is 0. The van der Waals surface area contributed by atoms with Crippen molar-refractivity contribution >= 4 is 59.9 Å². The Morgan fingerprint density at radius 3 is 1.70 bits per heavy atom. The van der Waals surface area contributed by atoms with Crippen molar-refractivity contribution in [2.24, 2.45) is 0 Å². The van der Waals surface area contributed by atoms with Crippen LogP contribution in [0.3, 0.4) is 0 Å². The first-order valence-electron chi connectivity index (χ1n) is 15.6. The maximum absolute atomic E-state index is 5.25. The lowest BCUT2D eigenvalue weighted by atomic mass is 10.0. The van der Waals surface area contributed by atoms with Crippen LogP contribution in [0.1, 0.15) is 0 Å². The first-order valence-corrected chi connectivity index (χ1v) is 15.6. The average Bonchev–Trinajstić information content (AvgIpc) is 3.69. The summed E-state index contributed by atoms with van der Waals surface area (Å²) >= 11 is 0. The minimum atomic E-state index is 0.653. The predicted molar refractivity (Wildman–Crippen MR) is 191 cm³/mol. The van der Waals surface area contributed by atoms with E-state index < -0.39 is 0 Å². The summed E-state index contributed by atoms with van der Waals surface area (Å²) in [5.41, 5.74) is 9.66. The molecule has 0 fully saturated rings. The minimum absolute atomic E-state index is 0.653. The second kappa shape index (κ2) is 9.62. The molecule has 0 bridgehead atoms. The molecule has 46 heavy (non-hydrogen) atoms. The summed E-state index contributed by atoms with van der Waals surface area (Å²) in [6, 6.07) is 55.8. The molecular formula is C42H26N4. The molecule has 0 amide bonds. The fraction of sp³-hybridized carbons (Fsp3) is 0. The van der Waals surface area contributed by atoms with Crippen molar-refractivity contribution in [3.8, 4) is 28.5 Å². The molecule has 10 aromatic rings. The molecule has 214 valence electrons. The van der Waals surface area contributed by atoms with Crippen LogP contribution in [0.15, 0.2) is 158 Å². The molecule has 4 heterocycles. The summed E-state index contributed by atoms with van der Waals surface area (Å²) in [6.07, 6.45) is 0. The fourth-order valence-electron chi connectivity index (χ4n) is 7.29. The Hall–Kier alpha value is -6.26. The van der Waals surface area contributed by atoms with E-state index in [9.17, 15) is 0 Å². The largest absolute Gasteiger partial charge is 0.308 e. The van der Waals surface area contributed by atoms with Crippen LogP contribution in [0.4, 0.5) is 0 Å². The third-order valence-corrected chi connectivity index (χ3v) is 9.29. The molecule has 0 N–H and O–H groups in total. The van der Waals surface area contributed by atoms with E-state index >= 15 is 0 Å².